The first-order valence-corrected chi connectivity index (χ1v) is 8.96. The third-order valence-electron chi connectivity index (χ3n) is 2.62. The molecular weight excluding hydrogens is 370 g/mol. The van der Waals surface area contributed by atoms with E-state index in [-0.39, 0.29) is 11.4 Å². The molecule has 2 rings (SSSR count). The Morgan fingerprint density at radius 3 is 2.68 bits per heavy atom. The summed E-state index contributed by atoms with van der Waals surface area (Å²) in [5.41, 5.74) is 2.08. The Kier molecular flexibility index (Phi) is 4.68. The van der Waals surface area contributed by atoms with E-state index in [4.69, 9.17) is 11.6 Å². The van der Waals surface area contributed by atoms with Crippen LogP contribution in [0.25, 0.3) is 0 Å². The lowest BCUT2D eigenvalue weighted by molar-refractivity contribution is 0.581. The maximum Gasteiger partial charge on any atom is 0.240 e. The molecule has 0 aliphatic carbocycles. The van der Waals surface area contributed by atoms with Gasteiger partial charge in [0.05, 0.1) is 9.92 Å². The molecule has 0 bridgehead atoms. The van der Waals surface area contributed by atoms with Crippen LogP contribution in [0.4, 0.5) is 0 Å². The number of hydrogen-bond acceptors (Lipinski definition) is 3. The molecule has 0 amide bonds. The molecule has 0 fully saturated rings. The van der Waals surface area contributed by atoms with Crippen LogP contribution in [0.15, 0.2) is 38.3 Å². The van der Waals surface area contributed by atoms with Crippen molar-refractivity contribution in [2.24, 2.45) is 0 Å². The van der Waals surface area contributed by atoms with Crippen LogP contribution in [-0.2, 0) is 16.6 Å². The summed E-state index contributed by atoms with van der Waals surface area (Å²) in [6, 6.07) is 4.52. The number of thiophene rings is 1. The number of sulfonamides is 1. The van der Waals surface area contributed by atoms with Gasteiger partial charge in [-0.2, -0.15) is 11.3 Å². The minimum absolute atomic E-state index is 0.191. The topological polar surface area (TPSA) is 46.2 Å². The van der Waals surface area contributed by atoms with E-state index >= 15 is 0 Å². The van der Waals surface area contributed by atoms with Gasteiger partial charge in [0.25, 0.3) is 0 Å². The fourth-order valence-electron chi connectivity index (χ4n) is 1.47. The lowest BCUT2D eigenvalue weighted by Crippen LogP contribution is -2.23. The maximum absolute atomic E-state index is 12.1. The summed E-state index contributed by atoms with van der Waals surface area (Å²) in [4.78, 5) is 0.191. The molecule has 1 aromatic carbocycles. The molecule has 0 radical (unpaired) electrons. The van der Waals surface area contributed by atoms with Gasteiger partial charge in [-0.15, -0.1) is 0 Å². The van der Waals surface area contributed by atoms with Gasteiger partial charge in [0.2, 0.25) is 10.0 Å². The van der Waals surface area contributed by atoms with Crippen LogP contribution in [0.2, 0.25) is 5.02 Å². The first-order chi connectivity index (χ1) is 8.90. The van der Waals surface area contributed by atoms with E-state index in [0.29, 0.717) is 9.50 Å². The van der Waals surface area contributed by atoms with Crippen molar-refractivity contribution in [1.29, 1.82) is 0 Å². The third-order valence-corrected chi connectivity index (χ3v) is 6.14. The highest BCUT2D eigenvalue weighted by atomic mass is 79.9. The second-order valence-corrected chi connectivity index (χ2v) is 7.75. The van der Waals surface area contributed by atoms with E-state index in [0.717, 1.165) is 11.1 Å². The van der Waals surface area contributed by atoms with Crippen LogP contribution in [0, 0.1) is 6.92 Å². The SMILES string of the molecule is Cc1cscc1CNS(=O)(=O)c1ccc(Cl)c(Br)c1. The van der Waals surface area contributed by atoms with Crippen LogP contribution in [0.5, 0.6) is 0 Å². The molecule has 0 aliphatic rings. The van der Waals surface area contributed by atoms with E-state index in [2.05, 4.69) is 20.7 Å². The van der Waals surface area contributed by atoms with Crippen molar-refractivity contribution >= 4 is 48.9 Å². The van der Waals surface area contributed by atoms with Crippen LogP contribution in [-0.4, -0.2) is 8.42 Å². The third kappa shape index (κ3) is 3.58. The number of aryl methyl sites for hydroxylation is 1. The Labute approximate surface area is 129 Å². The predicted octanol–water partition coefficient (Wildman–Crippen LogP) is 3.95. The van der Waals surface area contributed by atoms with Gasteiger partial charge in [-0.05, 0) is 62.9 Å². The molecule has 7 heteroatoms. The molecule has 1 heterocycles. The zero-order valence-electron chi connectivity index (χ0n) is 9.98. The van der Waals surface area contributed by atoms with E-state index in [1.54, 1.807) is 17.4 Å². The van der Waals surface area contributed by atoms with E-state index in [1.165, 1.54) is 12.1 Å². The van der Waals surface area contributed by atoms with Crippen molar-refractivity contribution in [2.45, 2.75) is 18.4 Å². The van der Waals surface area contributed by atoms with E-state index < -0.39 is 10.0 Å². The highest BCUT2D eigenvalue weighted by Crippen LogP contribution is 2.25. The number of halogens is 2. The second-order valence-electron chi connectivity index (χ2n) is 3.98. The highest BCUT2D eigenvalue weighted by Gasteiger charge is 2.15. The zero-order valence-corrected chi connectivity index (χ0v) is 14.0. The minimum Gasteiger partial charge on any atom is -0.207 e. The molecule has 3 nitrogen and oxygen atoms in total. The van der Waals surface area contributed by atoms with Gasteiger partial charge in [-0.1, -0.05) is 11.6 Å². The normalized spacial score (nSPS) is 11.7. The Morgan fingerprint density at radius 2 is 2.11 bits per heavy atom. The molecule has 2 aromatic rings. The summed E-state index contributed by atoms with van der Waals surface area (Å²) in [5.74, 6) is 0. The van der Waals surface area contributed by atoms with Crippen molar-refractivity contribution in [1.82, 2.24) is 4.72 Å². The second kappa shape index (κ2) is 5.93. The molecule has 0 unspecified atom stereocenters. The smallest absolute Gasteiger partial charge is 0.207 e. The maximum atomic E-state index is 12.1. The summed E-state index contributed by atoms with van der Waals surface area (Å²) >= 11 is 10.6. The molecule has 0 saturated carbocycles. The number of hydrogen-bond donors (Lipinski definition) is 1. The first-order valence-electron chi connectivity index (χ1n) is 5.36. The fourth-order valence-corrected chi connectivity index (χ4v) is 4.01. The summed E-state index contributed by atoms with van der Waals surface area (Å²) in [5, 5.41) is 4.41. The minimum atomic E-state index is -3.53. The Balaban J connectivity index is 2.18. The monoisotopic (exact) mass is 379 g/mol. The largest absolute Gasteiger partial charge is 0.240 e. The molecule has 0 atom stereocenters. The Bertz CT molecular complexity index is 698. The van der Waals surface area contributed by atoms with Crippen molar-refractivity contribution in [3.8, 4) is 0 Å². The molecule has 1 aromatic heterocycles. The van der Waals surface area contributed by atoms with Gasteiger partial charge in [-0.3, -0.25) is 0 Å². The number of rotatable bonds is 4. The van der Waals surface area contributed by atoms with Crippen LogP contribution in [0.3, 0.4) is 0 Å². The van der Waals surface area contributed by atoms with Crippen molar-refractivity contribution in [2.75, 3.05) is 0 Å². The quantitative estimate of drug-likeness (QED) is 0.873. The molecule has 0 aliphatic heterocycles. The Hall–Kier alpha value is -0.400. The summed E-state index contributed by atoms with van der Waals surface area (Å²) in [6.07, 6.45) is 0. The van der Waals surface area contributed by atoms with Crippen molar-refractivity contribution in [3.05, 3.63) is 49.6 Å². The summed E-state index contributed by atoms with van der Waals surface area (Å²) < 4.78 is 27.4. The van der Waals surface area contributed by atoms with Gasteiger partial charge in [0.1, 0.15) is 0 Å². The number of nitrogens with one attached hydrogen (secondary N) is 1. The van der Waals surface area contributed by atoms with Gasteiger partial charge in [0, 0.05) is 11.0 Å². The lowest BCUT2D eigenvalue weighted by atomic mass is 10.2. The van der Waals surface area contributed by atoms with Crippen LogP contribution >= 0.6 is 38.9 Å². The van der Waals surface area contributed by atoms with E-state index in [1.807, 2.05) is 17.7 Å². The average Bonchev–Trinajstić information content (AvgIpc) is 2.76. The molecular formula is C12H11BrClNO2S2. The van der Waals surface area contributed by atoms with Gasteiger partial charge < -0.3 is 0 Å². The molecule has 0 spiro atoms. The molecule has 19 heavy (non-hydrogen) atoms. The van der Waals surface area contributed by atoms with Gasteiger partial charge in [-0.25, -0.2) is 13.1 Å². The standard InChI is InChI=1S/C12H11BrClNO2S2/c1-8-6-18-7-9(8)5-15-19(16,17)10-2-3-12(14)11(13)4-10/h2-4,6-7,15H,5H2,1H3. The lowest BCUT2D eigenvalue weighted by Gasteiger charge is -2.07. The predicted molar refractivity (Wildman–Crippen MR) is 82.2 cm³/mol. The molecule has 0 saturated heterocycles. The van der Waals surface area contributed by atoms with Crippen molar-refractivity contribution < 1.29 is 8.42 Å². The van der Waals surface area contributed by atoms with E-state index in [9.17, 15) is 8.42 Å². The fraction of sp³-hybridized carbons (Fsp3) is 0.167. The first kappa shape index (κ1) is 15.0. The zero-order chi connectivity index (χ0) is 14.0. The number of benzene rings is 1. The van der Waals surface area contributed by atoms with Crippen LogP contribution in [0.1, 0.15) is 11.1 Å². The molecule has 102 valence electrons. The average molecular weight is 381 g/mol. The highest BCUT2D eigenvalue weighted by molar-refractivity contribution is 9.10. The van der Waals surface area contributed by atoms with Crippen molar-refractivity contribution in [3.63, 3.8) is 0 Å². The summed E-state index contributed by atoms with van der Waals surface area (Å²) in [7, 11) is -3.53. The van der Waals surface area contributed by atoms with Gasteiger partial charge >= 0.3 is 0 Å². The molecule has 1 N–H and O–H groups in total. The Morgan fingerprint density at radius 1 is 1.37 bits per heavy atom. The van der Waals surface area contributed by atoms with Crippen LogP contribution < -0.4 is 4.72 Å². The van der Waals surface area contributed by atoms with Gasteiger partial charge in [0.15, 0.2) is 0 Å². The summed E-state index contributed by atoms with van der Waals surface area (Å²) in [6.45, 7) is 2.25.